The maximum Gasteiger partial charge on any atom is 0.333 e. The van der Waals surface area contributed by atoms with Crippen molar-refractivity contribution in [3.8, 4) is 0 Å². The Bertz CT molecular complexity index is 238. The van der Waals surface area contributed by atoms with Crippen LogP contribution < -0.4 is 0 Å². The van der Waals surface area contributed by atoms with Crippen LogP contribution in [-0.2, 0) is 9.53 Å². The molecule has 0 spiro atoms. The van der Waals surface area contributed by atoms with Crippen molar-refractivity contribution in [3.63, 3.8) is 0 Å². The summed E-state index contributed by atoms with van der Waals surface area (Å²) >= 11 is 0. The minimum absolute atomic E-state index is 0.276. The molecule has 86 valence electrons. The molecule has 1 aliphatic heterocycles. The molecule has 0 N–H and O–H groups in total. The first-order chi connectivity index (χ1) is 7.15. The highest BCUT2D eigenvalue weighted by molar-refractivity contribution is 5.86. The summed E-state index contributed by atoms with van der Waals surface area (Å²) in [7, 11) is 0. The van der Waals surface area contributed by atoms with E-state index in [1.165, 1.54) is 25.8 Å². The lowest BCUT2D eigenvalue weighted by molar-refractivity contribution is -0.139. The summed E-state index contributed by atoms with van der Waals surface area (Å²) in [4.78, 5) is 13.4. The highest BCUT2D eigenvalue weighted by Gasteiger charge is 2.32. The second-order valence-electron chi connectivity index (χ2n) is 4.21. The summed E-state index contributed by atoms with van der Waals surface area (Å²) in [6.07, 6.45) is 3.84. The molecule has 2 unspecified atom stereocenters. The number of nitrogens with zero attached hydrogens (tertiary/aromatic N) is 1. The summed E-state index contributed by atoms with van der Waals surface area (Å²) in [5.74, 6) is -0.276. The second-order valence-corrected chi connectivity index (χ2v) is 4.21. The van der Waals surface area contributed by atoms with E-state index in [4.69, 9.17) is 4.74 Å². The standard InChI is InChI=1S/C12H21NO2/c1-4-5-6-11-9-13(11)7-8-15-12(14)10(2)3/h11H,2,4-9H2,1,3H3. The SMILES string of the molecule is C=C(C)C(=O)OCCN1CC1CCCC. The van der Waals surface area contributed by atoms with Crippen molar-refractivity contribution < 1.29 is 9.53 Å². The van der Waals surface area contributed by atoms with Gasteiger partial charge in [-0.2, -0.15) is 0 Å². The first-order valence-corrected chi connectivity index (χ1v) is 5.71. The molecule has 1 fully saturated rings. The maximum absolute atomic E-state index is 11.1. The lowest BCUT2D eigenvalue weighted by Gasteiger charge is -2.05. The van der Waals surface area contributed by atoms with E-state index >= 15 is 0 Å². The molecule has 2 atom stereocenters. The molecule has 3 heteroatoms. The Labute approximate surface area is 92.1 Å². The van der Waals surface area contributed by atoms with Gasteiger partial charge < -0.3 is 4.74 Å². The fraction of sp³-hybridized carbons (Fsp3) is 0.750. The highest BCUT2D eigenvalue weighted by atomic mass is 16.5. The molecule has 0 bridgehead atoms. The summed E-state index contributed by atoms with van der Waals surface area (Å²) < 4.78 is 5.03. The Morgan fingerprint density at radius 3 is 2.93 bits per heavy atom. The average molecular weight is 211 g/mol. The molecule has 0 saturated carbocycles. The van der Waals surface area contributed by atoms with E-state index < -0.39 is 0 Å². The van der Waals surface area contributed by atoms with Crippen LogP contribution in [0.5, 0.6) is 0 Å². The van der Waals surface area contributed by atoms with Gasteiger partial charge in [-0.1, -0.05) is 26.3 Å². The van der Waals surface area contributed by atoms with Crippen LogP contribution in [0.15, 0.2) is 12.2 Å². The smallest absolute Gasteiger partial charge is 0.333 e. The fourth-order valence-electron chi connectivity index (χ4n) is 1.59. The van der Waals surface area contributed by atoms with Crippen molar-refractivity contribution in [2.75, 3.05) is 19.7 Å². The fourth-order valence-corrected chi connectivity index (χ4v) is 1.59. The van der Waals surface area contributed by atoms with E-state index in [0.29, 0.717) is 12.2 Å². The molecule has 3 nitrogen and oxygen atoms in total. The zero-order valence-corrected chi connectivity index (χ0v) is 9.79. The molecule has 0 aliphatic carbocycles. The third kappa shape index (κ3) is 4.47. The minimum atomic E-state index is -0.276. The molecule has 0 aromatic carbocycles. The Morgan fingerprint density at radius 2 is 2.33 bits per heavy atom. The Hall–Kier alpha value is -0.830. The number of carbonyl (C=O) groups excluding carboxylic acids is 1. The molecule has 1 rings (SSSR count). The first-order valence-electron chi connectivity index (χ1n) is 5.71. The van der Waals surface area contributed by atoms with Gasteiger partial charge in [0.2, 0.25) is 0 Å². The van der Waals surface area contributed by atoms with Gasteiger partial charge in [0, 0.05) is 24.7 Å². The Kier molecular flexibility index (Phi) is 4.82. The molecule has 0 amide bonds. The normalized spacial score (nSPS) is 23.6. The van der Waals surface area contributed by atoms with Crippen LogP contribution in [0.25, 0.3) is 0 Å². The zero-order chi connectivity index (χ0) is 11.3. The minimum Gasteiger partial charge on any atom is -0.461 e. The van der Waals surface area contributed by atoms with Crippen molar-refractivity contribution in [3.05, 3.63) is 12.2 Å². The molecular weight excluding hydrogens is 190 g/mol. The number of hydrogen-bond acceptors (Lipinski definition) is 3. The van der Waals surface area contributed by atoms with Crippen LogP contribution in [0, 0.1) is 0 Å². The third-order valence-corrected chi connectivity index (χ3v) is 2.68. The van der Waals surface area contributed by atoms with Crippen LogP contribution >= 0.6 is 0 Å². The van der Waals surface area contributed by atoms with Crippen LogP contribution in [0.2, 0.25) is 0 Å². The van der Waals surface area contributed by atoms with Gasteiger partial charge in [-0.15, -0.1) is 0 Å². The van der Waals surface area contributed by atoms with Crippen molar-refractivity contribution in [2.45, 2.75) is 39.2 Å². The molecule has 0 radical (unpaired) electrons. The summed E-state index contributed by atoms with van der Waals surface area (Å²) in [5, 5.41) is 0. The van der Waals surface area contributed by atoms with E-state index in [1.54, 1.807) is 6.92 Å². The zero-order valence-electron chi connectivity index (χ0n) is 9.79. The van der Waals surface area contributed by atoms with E-state index in [2.05, 4.69) is 18.4 Å². The van der Waals surface area contributed by atoms with Crippen LogP contribution in [0.4, 0.5) is 0 Å². The van der Waals surface area contributed by atoms with Crippen LogP contribution in [-0.4, -0.2) is 36.6 Å². The quantitative estimate of drug-likeness (QED) is 0.366. The van der Waals surface area contributed by atoms with Gasteiger partial charge in [-0.25, -0.2) is 4.79 Å². The number of rotatable bonds is 7. The van der Waals surface area contributed by atoms with Crippen molar-refractivity contribution in [2.24, 2.45) is 0 Å². The predicted molar refractivity (Wildman–Crippen MR) is 60.7 cm³/mol. The van der Waals surface area contributed by atoms with Gasteiger partial charge in [-0.05, 0) is 13.3 Å². The van der Waals surface area contributed by atoms with Gasteiger partial charge in [-0.3, -0.25) is 4.90 Å². The second kappa shape index (κ2) is 5.91. The molecule has 1 aliphatic rings. The maximum atomic E-state index is 11.1. The predicted octanol–water partition coefficient (Wildman–Crippen LogP) is 1.98. The number of unbranched alkanes of at least 4 members (excludes halogenated alkanes) is 1. The summed E-state index contributed by atoms with van der Waals surface area (Å²) in [5.41, 5.74) is 0.475. The number of hydrogen-bond donors (Lipinski definition) is 0. The van der Waals surface area contributed by atoms with Crippen molar-refractivity contribution in [1.82, 2.24) is 4.90 Å². The third-order valence-electron chi connectivity index (χ3n) is 2.68. The number of carbonyl (C=O) groups is 1. The van der Waals surface area contributed by atoms with E-state index in [9.17, 15) is 4.79 Å². The lowest BCUT2D eigenvalue weighted by Crippen LogP contribution is -2.15. The van der Waals surface area contributed by atoms with Crippen molar-refractivity contribution in [1.29, 1.82) is 0 Å². The van der Waals surface area contributed by atoms with Gasteiger partial charge in [0.25, 0.3) is 0 Å². The summed E-state index contributed by atoms with van der Waals surface area (Å²) in [6.45, 7) is 9.95. The highest BCUT2D eigenvalue weighted by Crippen LogP contribution is 2.22. The average Bonchev–Trinajstić information content (AvgIpc) is 2.93. The molecule has 15 heavy (non-hydrogen) atoms. The van der Waals surface area contributed by atoms with E-state index in [0.717, 1.165) is 12.6 Å². The molecule has 1 saturated heterocycles. The van der Waals surface area contributed by atoms with Gasteiger partial charge in [0.1, 0.15) is 6.61 Å². The molecular formula is C12H21NO2. The first kappa shape index (κ1) is 12.2. The lowest BCUT2D eigenvalue weighted by atomic mass is 10.2. The molecule has 0 aromatic rings. The number of ether oxygens (including phenoxy) is 1. The van der Waals surface area contributed by atoms with Gasteiger partial charge >= 0.3 is 5.97 Å². The van der Waals surface area contributed by atoms with E-state index in [1.807, 2.05) is 0 Å². The largest absolute Gasteiger partial charge is 0.461 e. The molecule has 0 aromatic heterocycles. The monoisotopic (exact) mass is 211 g/mol. The van der Waals surface area contributed by atoms with Gasteiger partial charge in [0.15, 0.2) is 0 Å². The van der Waals surface area contributed by atoms with Gasteiger partial charge in [0.05, 0.1) is 0 Å². The topological polar surface area (TPSA) is 29.3 Å². The summed E-state index contributed by atoms with van der Waals surface area (Å²) in [6, 6.07) is 0.744. The van der Waals surface area contributed by atoms with E-state index in [-0.39, 0.29) is 5.97 Å². The number of esters is 1. The molecule has 1 heterocycles. The van der Waals surface area contributed by atoms with Crippen molar-refractivity contribution >= 4 is 5.97 Å². The van der Waals surface area contributed by atoms with Crippen LogP contribution in [0.1, 0.15) is 33.1 Å². The Morgan fingerprint density at radius 1 is 1.60 bits per heavy atom. The van der Waals surface area contributed by atoms with Crippen LogP contribution in [0.3, 0.4) is 0 Å². The Balaban J connectivity index is 1.99.